The van der Waals surface area contributed by atoms with Gasteiger partial charge in [0.1, 0.15) is 11.9 Å². The first-order valence-electron chi connectivity index (χ1n) is 7.94. The molecule has 1 unspecified atom stereocenters. The zero-order valence-electron chi connectivity index (χ0n) is 12.6. The first kappa shape index (κ1) is 15.1. The predicted octanol–water partition coefficient (Wildman–Crippen LogP) is 4.23. The van der Waals surface area contributed by atoms with Crippen LogP contribution in [-0.4, -0.2) is 18.3 Å². The molecule has 0 radical (unpaired) electrons. The second-order valence-corrected chi connectivity index (χ2v) is 6.88. The molecule has 1 aromatic carbocycles. The number of hydrogen-bond donors (Lipinski definition) is 1. The fourth-order valence-corrected chi connectivity index (χ4v) is 3.79. The molecule has 1 saturated heterocycles. The van der Waals surface area contributed by atoms with Gasteiger partial charge in [0.15, 0.2) is 0 Å². The van der Waals surface area contributed by atoms with Gasteiger partial charge < -0.3 is 15.2 Å². The van der Waals surface area contributed by atoms with Crippen LogP contribution in [-0.2, 0) is 4.74 Å². The summed E-state index contributed by atoms with van der Waals surface area (Å²) in [6.45, 7) is 2.76. The lowest BCUT2D eigenvalue weighted by molar-refractivity contribution is -0.108. The molecule has 1 spiro atoms. The van der Waals surface area contributed by atoms with E-state index in [1.54, 1.807) is 0 Å². The third kappa shape index (κ3) is 3.36. The van der Waals surface area contributed by atoms with Gasteiger partial charge >= 0.3 is 0 Å². The van der Waals surface area contributed by atoms with E-state index in [1.807, 2.05) is 25.1 Å². The standard InChI is InChI=1S/C17H24ClNO2/c1-12(19)15-10-13(18)4-5-16(15)21-14-6-9-20-17(11-14)7-2-3-8-17/h4-5,10,12,14H,2-3,6-9,11,19H2,1H3/t12-,14?/m1/s1. The van der Waals surface area contributed by atoms with E-state index in [1.165, 1.54) is 25.7 Å². The van der Waals surface area contributed by atoms with Crippen LogP contribution in [0.1, 0.15) is 57.1 Å². The van der Waals surface area contributed by atoms with E-state index >= 15 is 0 Å². The van der Waals surface area contributed by atoms with Crippen molar-refractivity contribution in [3.63, 3.8) is 0 Å². The summed E-state index contributed by atoms with van der Waals surface area (Å²) in [7, 11) is 0. The van der Waals surface area contributed by atoms with E-state index in [0.29, 0.717) is 5.02 Å². The van der Waals surface area contributed by atoms with Crippen LogP contribution in [0.15, 0.2) is 18.2 Å². The highest BCUT2D eigenvalue weighted by Gasteiger charge is 2.40. The summed E-state index contributed by atoms with van der Waals surface area (Å²) in [6.07, 6.45) is 7.06. The van der Waals surface area contributed by atoms with Crippen molar-refractivity contribution in [2.45, 2.75) is 63.2 Å². The molecule has 1 saturated carbocycles. The van der Waals surface area contributed by atoms with Crippen molar-refractivity contribution >= 4 is 11.6 Å². The normalized spacial score (nSPS) is 26.0. The third-order valence-electron chi connectivity index (χ3n) is 4.72. The zero-order chi connectivity index (χ0) is 14.9. The zero-order valence-corrected chi connectivity index (χ0v) is 13.4. The molecule has 1 heterocycles. The summed E-state index contributed by atoms with van der Waals surface area (Å²) in [5, 5.41) is 0.703. The van der Waals surface area contributed by atoms with Crippen molar-refractivity contribution < 1.29 is 9.47 Å². The van der Waals surface area contributed by atoms with Crippen LogP contribution in [0.2, 0.25) is 5.02 Å². The van der Waals surface area contributed by atoms with E-state index < -0.39 is 0 Å². The molecule has 1 aliphatic heterocycles. The lowest BCUT2D eigenvalue weighted by atomic mass is 9.90. The third-order valence-corrected chi connectivity index (χ3v) is 4.95. The average Bonchev–Trinajstić information content (AvgIpc) is 2.88. The Morgan fingerprint density at radius 3 is 2.86 bits per heavy atom. The van der Waals surface area contributed by atoms with Crippen LogP contribution in [0.25, 0.3) is 0 Å². The Kier molecular flexibility index (Phi) is 4.43. The molecule has 1 aromatic rings. The summed E-state index contributed by atoms with van der Waals surface area (Å²) in [5.74, 6) is 0.870. The number of ether oxygens (including phenoxy) is 2. The smallest absolute Gasteiger partial charge is 0.124 e. The number of hydrogen-bond acceptors (Lipinski definition) is 3. The average molecular weight is 310 g/mol. The molecule has 0 bridgehead atoms. The molecular weight excluding hydrogens is 286 g/mol. The molecule has 0 aromatic heterocycles. The van der Waals surface area contributed by atoms with Gasteiger partial charge in [-0.05, 0) is 38.0 Å². The van der Waals surface area contributed by atoms with Crippen molar-refractivity contribution in [1.29, 1.82) is 0 Å². The van der Waals surface area contributed by atoms with Crippen LogP contribution in [0.3, 0.4) is 0 Å². The molecule has 2 atom stereocenters. The molecule has 21 heavy (non-hydrogen) atoms. The molecule has 116 valence electrons. The highest BCUT2D eigenvalue weighted by atomic mass is 35.5. The number of nitrogens with two attached hydrogens (primary N) is 1. The number of halogens is 1. The van der Waals surface area contributed by atoms with Crippen molar-refractivity contribution in [1.82, 2.24) is 0 Å². The number of benzene rings is 1. The minimum Gasteiger partial charge on any atom is -0.490 e. The molecule has 0 amide bonds. The maximum Gasteiger partial charge on any atom is 0.124 e. The maximum absolute atomic E-state index is 6.27. The van der Waals surface area contributed by atoms with Gasteiger partial charge in [0, 0.05) is 29.5 Å². The highest BCUT2D eigenvalue weighted by molar-refractivity contribution is 6.30. The van der Waals surface area contributed by atoms with Crippen LogP contribution in [0.5, 0.6) is 5.75 Å². The Balaban J connectivity index is 1.74. The van der Waals surface area contributed by atoms with Crippen LogP contribution in [0.4, 0.5) is 0 Å². The molecule has 2 aliphatic rings. The van der Waals surface area contributed by atoms with Crippen molar-refractivity contribution in [3.8, 4) is 5.75 Å². The quantitative estimate of drug-likeness (QED) is 0.908. The first-order chi connectivity index (χ1) is 10.1. The molecule has 3 rings (SSSR count). The molecule has 2 fully saturated rings. The van der Waals surface area contributed by atoms with E-state index in [2.05, 4.69) is 0 Å². The van der Waals surface area contributed by atoms with Crippen molar-refractivity contribution in [2.24, 2.45) is 5.73 Å². The van der Waals surface area contributed by atoms with Crippen LogP contribution in [0, 0.1) is 0 Å². The molecule has 2 N–H and O–H groups in total. The monoisotopic (exact) mass is 309 g/mol. The van der Waals surface area contributed by atoms with Gasteiger partial charge in [-0.25, -0.2) is 0 Å². The van der Waals surface area contributed by atoms with Crippen LogP contribution < -0.4 is 10.5 Å². The minimum atomic E-state index is -0.0843. The molecule has 1 aliphatic carbocycles. The van der Waals surface area contributed by atoms with E-state index in [-0.39, 0.29) is 17.7 Å². The van der Waals surface area contributed by atoms with Gasteiger partial charge in [0.2, 0.25) is 0 Å². The largest absolute Gasteiger partial charge is 0.490 e. The van der Waals surface area contributed by atoms with Gasteiger partial charge in [0.05, 0.1) is 12.2 Å². The molecule has 3 nitrogen and oxygen atoms in total. The fourth-order valence-electron chi connectivity index (χ4n) is 3.61. The maximum atomic E-state index is 6.27. The Hall–Kier alpha value is -0.770. The summed E-state index contributed by atoms with van der Waals surface area (Å²) in [4.78, 5) is 0. The lowest BCUT2D eigenvalue weighted by Crippen LogP contribution is -2.41. The van der Waals surface area contributed by atoms with Crippen molar-refractivity contribution in [2.75, 3.05) is 6.61 Å². The summed E-state index contributed by atoms with van der Waals surface area (Å²) in [6, 6.07) is 5.64. The molecule has 4 heteroatoms. The predicted molar refractivity (Wildman–Crippen MR) is 84.9 cm³/mol. The summed E-state index contributed by atoms with van der Waals surface area (Å²) in [5.41, 5.74) is 7.10. The second-order valence-electron chi connectivity index (χ2n) is 6.44. The topological polar surface area (TPSA) is 44.5 Å². The van der Waals surface area contributed by atoms with E-state index in [4.69, 9.17) is 26.8 Å². The number of rotatable bonds is 3. The van der Waals surface area contributed by atoms with E-state index in [0.717, 1.165) is 30.8 Å². The Labute approximate surface area is 131 Å². The van der Waals surface area contributed by atoms with Crippen molar-refractivity contribution in [3.05, 3.63) is 28.8 Å². The fraction of sp³-hybridized carbons (Fsp3) is 0.647. The molecular formula is C17H24ClNO2. The lowest BCUT2D eigenvalue weighted by Gasteiger charge is -2.38. The van der Waals surface area contributed by atoms with Crippen LogP contribution >= 0.6 is 11.6 Å². The Bertz CT molecular complexity index is 498. The minimum absolute atomic E-state index is 0.0733. The van der Waals surface area contributed by atoms with Gasteiger partial charge in [-0.3, -0.25) is 0 Å². The van der Waals surface area contributed by atoms with Gasteiger partial charge in [0.25, 0.3) is 0 Å². The summed E-state index contributed by atoms with van der Waals surface area (Å²) >= 11 is 6.07. The summed E-state index contributed by atoms with van der Waals surface area (Å²) < 4.78 is 12.3. The SMILES string of the molecule is C[C@@H](N)c1cc(Cl)ccc1OC1CCOC2(CCCC2)C1. The van der Waals surface area contributed by atoms with Gasteiger partial charge in [-0.1, -0.05) is 24.4 Å². The van der Waals surface area contributed by atoms with E-state index in [9.17, 15) is 0 Å². The Morgan fingerprint density at radius 1 is 1.38 bits per heavy atom. The highest BCUT2D eigenvalue weighted by Crippen LogP contribution is 2.41. The van der Waals surface area contributed by atoms with Gasteiger partial charge in [-0.2, -0.15) is 0 Å². The first-order valence-corrected chi connectivity index (χ1v) is 8.31. The van der Waals surface area contributed by atoms with Gasteiger partial charge in [-0.15, -0.1) is 0 Å². The Morgan fingerprint density at radius 2 is 2.14 bits per heavy atom. The second kappa shape index (κ2) is 6.15.